The van der Waals surface area contributed by atoms with Crippen molar-refractivity contribution in [2.75, 3.05) is 13.1 Å². The number of hydrogen-bond donors (Lipinski definition) is 2. The molecule has 0 atom stereocenters. The molecule has 0 saturated heterocycles. The number of benzene rings is 2. The van der Waals surface area contributed by atoms with Crippen LogP contribution in [0, 0.1) is 0 Å². The van der Waals surface area contributed by atoms with Gasteiger partial charge in [-0.3, -0.25) is 4.99 Å². The van der Waals surface area contributed by atoms with Gasteiger partial charge in [-0.1, -0.05) is 39.8 Å². The molecular weight excluding hydrogens is 344 g/mol. The minimum absolute atomic E-state index is 0.201. The molecule has 5 rings (SSSR count). The van der Waals surface area contributed by atoms with Crippen LogP contribution in [0.2, 0.25) is 0 Å². The zero-order valence-corrected chi connectivity index (χ0v) is 17.2. The van der Waals surface area contributed by atoms with Crippen LogP contribution in [0.3, 0.4) is 0 Å². The number of nitrogens with one attached hydrogen (secondary N) is 2. The average Bonchev–Trinajstić information content (AvgIpc) is 3.34. The first-order chi connectivity index (χ1) is 13.3. The van der Waals surface area contributed by atoms with Crippen molar-refractivity contribution in [1.82, 2.24) is 15.3 Å². The van der Waals surface area contributed by atoms with E-state index >= 15 is 0 Å². The maximum Gasteiger partial charge on any atom is 0.138 e. The van der Waals surface area contributed by atoms with Gasteiger partial charge in [-0.25, -0.2) is 4.98 Å². The zero-order valence-electron chi connectivity index (χ0n) is 17.2. The molecule has 3 aromatic rings. The van der Waals surface area contributed by atoms with Gasteiger partial charge in [0, 0.05) is 17.7 Å². The third-order valence-electron chi connectivity index (χ3n) is 6.56. The van der Waals surface area contributed by atoms with E-state index in [-0.39, 0.29) is 10.8 Å². The van der Waals surface area contributed by atoms with E-state index in [4.69, 9.17) is 4.98 Å². The van der Waals surface area contributed by atoms with Gasteiger partial charge in [0.25, 0.3) is 0 Å². The Balaban J connectivity index is 1.59. The Morgan fingerprint density at radius 1 is 0.857 bits per heavy atom. The second-order valence-corrected chi connectivity index (χ2v) is 9.50. The van der Waals surface area contributed by atoms with Crippen molar-refractivity contribution >= 4 is 16.9 Å². The Labute approximate surface area is 166 Å². The van der Waals surface area contributed by atoms with Gasteiger partial charge in [0.05, 0.1) is 17.6 Å². The number of aliphatic imine (C=N–C) groups is 1. The third-order valence-corrected chi connectivity index (χ3v) is 6.56. The summed E-state index contributed by atoms with van der Waals surface area (Å²) in [6.07, 6.45) is 2.45. The summed E-state index contributed by atoms with van der Waals surface area (Å²) in [6, 6.07) is 13.2. The van der Waals surface area contributed by atoms with Crippen LogP contribution in [0.5, 0.6) is 0 Å². The second-order valence-electron chi connectivity index (χ2n) is 9.50. The molecule has 2 heterocycles. The highest BCUT2D eigenvalue weighted by molar-refractivity contribution is 6.02. The lowest BCUT2D eigenvalue weighted by molar-refractivity contribution is 0.332. The number of H-pyrrole nitrogens is 1. The molecular formula is C24H28N4. The monoisotopic (exact) mass is 372 g/mol. The molecule has 28 heavy (non-hydrogen) atoms. The van der Waals surface area contributed by atoms with Gasteiger partial charge < -0.3 is 10.3 Å². The van der Waals surface area contributed by atoms with Gasteiger partial charge >= 0.3 is 0 Å². The summed E-state index contributed by atoms with van der Waals surface area (Å²) in [5.41, 5.74) is 7.72. The van der Waals surface area contributed by atoms with Crippen LogP contribution in [0.15, 0.2) is 41.4 Å². The van der Waals surface area contributed by atoms with Crippen molar-refractivity contribution in [3.05, 3.63) is 53.1 Å². The van der Waals surface area contributed by atoms with E-state index in [2.05, 4.69) is 79.4 Å². The maximum absolute atomic E-state index is 4.87. The summed E-state index contributed by atoms with van der Waals surface area (Å²) in [7, 11) is 0. The molecule has 2 aromatic carbocycles. The molecule has 1 aliphatic carbocycles. The van der Waals surface area contributed by atoms with E-state index in [1.807, 2.05) is 0 Å². The van der Waals surface area contributed by atoms with Gasteiger partial charge in [0.15, 0.2) is 0 Å². The number of nitrogens with zero attached hydrogens (tertiary/aromatic N) is 2. The summed E-state index contributed by atoms with van der Waals surface area (Å²) in [6.45, 7) is 11.2. The number of amidine groups is 1. The molecule has 0 amide bonds. The molecule has 2 aliphatic rings. The standard InChI is InChI=1S/C24H28N4/c1-23(2)9-10-24(3,4)18-13-15(5-7-17(18)23)22-27-19-8-6-16(14-20(19)28-22)21-25-11-12-26-21/h5-8,13-14H,9-12H2,1-4H3,(H,25,26)(H,27,28). The smallest absolute Gasteiger partial charge is 0.138 e. The SMILES string of the molecule is CC1(C)CCC(C)(C)c2cc(-c3nc4ccc(C5=NCCN5)cc4[nH]3)ccc21. The highest BCUT2D eigenvalue weighted by Crippen LogP contribution is 2.46. The first-order valence-electron chi connectivity index (χ1n) is 10.3. The summed E-state index contributed by atoms with van der Waals surface area (Å²) >= 11 is 0. The van der Waals surface area contributed by atoms with Crippen molar-refractivity contribution in [1.29, 1.82) is 0 Å². The number of fused-ring (bicyclic) bond motifs is 2. The summed E-state index contributed by atoms with van der Waals surface area (Å²) < 4.78 is 0. The topological polar surface area (TPSA) is 53.1 Å². The minimum Gasteiger partial charge on any atom is -0.368 e. The van der Waals surface area contributed by atoms with E-state index in [1.54, 1.807) is 0 Å². The second kappa shape index (κ2) is 5.94. The fourth-order valence-corrected chi connectivity index (χ4v) is 4.62. The van der Waals surface area contributed by atoms with Gasteiger partial charge in [-0.2, -0.15) is 0 Å². The molecule has 0 fully saturated rings. The first-order valence-corrected chi connectivity index (χ1v) is 10.3. The quantitative estimate of drug-likeness (QED) is 0.670. The minimum atomic E-state index is 0.201. The van der Waals surface area contributed by atoms with Gasteiger partial charge in [-0.15, -0.1) is 0 Å². The lowest BCUT2D eigenvalue weighted by Crippen LogP contribution is -2.33. The van der Waals surface area contributed by atoms with Crippen molar-refractivity contribution in [2.45, 2.75) is 51.4 Å². The molecule has 1 aromatic heterocycles. The summed E-state index contributed by atoms with van der Waals surface area (Å²) in [5.74, 6) is 1.92. The Kier molecular flexibility index (Phi) is 3.71. The Hall–Kier alpha value is -2.62. The van der Waals surface area contributed by atoms with Crippen LogP contribution in [-0.4, -0.2) is 28.9 Å². The average molecular weight is 373 g/mol. The fourth-order valence-electron chi connectivity index (χ4n) is 4.62. The maximum atomic E-state index is 4.87. The summed E-state index contributed by atoms with van der Waals surface area (Å²) in [4.78, 5) is 12.9. The molecule has 4 nitrogen and oxygen atoms in total. The predicted octanol–water partition coefficient (Wildman–Crippen LogP) is 4.93. The van der Waals surface area contributed by atoms with Crippen molar-refractivity contribution in [3.63, 3.8) is 0 Å². The first kappa shape index (κ1) is 17.5. The number of aromatic amines is 1. The van der Waals surface area contributed by atoms with Crippen molar-refractivity contribution in [3.8, 4) is 11.4 Å². The molecule has 0 spiro atoms. The van der Waals surface area contributed by atoms with E-state index in [0.29, 0.717) is 0 Å². The number of aromatic nitrogens is 2. The number of hydrogen-bond acceptors (Lipinski definition) is 3. The molecule has 4 heteroatoms. The molecule has 0 saturated carbocycles. The van der Waals surface area contributed by atoms with E-state index < -0.39 is 0 Å². The Morgan fingerprint density at radius 3 is 2.36 bits per heavy atom. The highest BCUT2D eigenvalue weighted by Gasteiger charge is 2.37. The van der Waals surface area contributed by atoms with Crippen LogP contribution in [0.4, 0.5) is 0 Å². The lowest BCUT2D eigenvalue weighted by Gasteiger charge is -2.42. The van der Waals surface area contributed by atoms with Crippen LogP contribution in [0.25, 0.3) is 22.4 Å². The number of rotatable bonds is 2. The van der Waals surface area contributed by atoms with Gasteiger partial charge in [-0.05, 0) is 59.1 Å². The van der Waals surface area contributed by atoms with Crippen LogP contribution >= 0.6 is 0 Å². The van der Waals surface area contributed by atoms with Crippen molar-refractivity contribution in [2.24, 2.45) is 4.99 Å². The van der Waals surface area contributed by atoms with E-state index in [9.17, 15) is 0 Å². The van der Waals surface area contributed by atoms with E-state index in [1.165, 1.54) is 29.5 Å². The molecule has 144 valence electrons. The fraction of sp³-hybridized carbons (Fsp3) is 0.417. The van der Waals surface area contributed by atoms with Gasteiger partial charge in [0.1, 0.15) is 11.7 Å². The molecule has 0 bridgehead atoms. The summed E-state index contributed by atoms with van der Waals surface area (Å²) in [5, 5.41) is 3.34. The predicted molar refractivity (Wildman–Crippen MR) is 116 cm³/mol. The van der Waals surface area contributed by atoms with Gasteiger partial charge in [0.2, 0.25) is 0 Å². The Bertz CT molecular complexity index is 1100. The number of imidazole rings is 1. The third kappa shape index (κ3) is 2.74. The normalized spacial score (nSPS) is 19.9. The lowest BCUT2D eigenvalue weighted by atomic mass is 9.63. The molecule has 2 N–H and O–H groups in total. The van der Waals surface area contributed by atoms with Crippen molar-refractivity contribution < 1.29 is 0 Å². The molecule has 0 unspecified atom stereocenters. The zero-order chi connectivity index (χ0) is 19.5. The van der Waals surface area contributed by atoms with Crippen LogP contribution in [-0.2, 0) is 10.8 Å². The van der Waals surface area contributed by atoms with E-state index in [0.717, 1.165) is 41.3 Å². The molecule has 1 aliphatic heterocycles. The largest absolute Gasteiger partial charge is 0.368 e. The van der Waals surface area contributed by atoms with Crippen LogP contribution in [0.1, 0.15) is 57.2 Å². The van der Waals surface area contributed by atoms with Crippen LogP contribution < -0.4 is 5.32 Å². The highest BCUT2D eigenvalue weighted by atomic mass is 15.1. The molecule has 0 radical (unpaired) electrons. The Morgan fingerprint density at radius 2 is 1.61 bits per heavy atom.